The summed E-state index contributed by atoms with van der Waals surface area (Å²) in [5.74, 6) is 0.00236. The highest BCUT2D eigenvalue weighted by Crippen LogP contribution is 2.46. The number of halogens is 1. The number of piperazine rings is 1. The minimum Gasteiger partial charge on any atom is -0.444 e. The van der Waals surface area contributed by atoms with Crippen LogP contribution in [0.15, 0.2) is 42.5 Å². The molecule has 0 radical (unpaired) electrons. The Balaban J connectivity index is 1.14. The summed E-state index contributed by atoms with van der Waals surface area (Å²) in [5, 5.41) is 0.519. The first kappa shape index (κ1) is 29.1. The number of carbonyl (C=O) groups is 2. The second kappa shape index (κ2) is 11.4. The van der Waals surface area contributed by atoms with Gasteiger partial charge in [0.2, 0.25) is 5.69 Å². The molecule has 0 bridgehead atoms. The van der Waals surface area contributed by atoms with Crippen molar-refractivity contribution >= 4 is 40.7 Å². The fourth-order valence-corrected chi connectivity index (χ4v) is 6.66. The van der Waals surface area contributed by atoms with Crippen molar-refractivity contribution in [3.8, 4) is 0 Å². The average molecular weight is 578 g/mol. The van der Waals surface area contributed by atoms with Crippen molar-refractivity contribution in [2.24, 2.45) is 5.41 Å². The molecule has 1 atom stereocenters. The Morgan fingerprint density at radius 3 is 2.15 bits per heavy atom. The lowest BCUT2D eigenvalue weighted by Crippen LogP contribution is -2.51. The van der Waals surface area contributed by atoms with Gasteiger partial charge < -0.3 is 24.3 Å². The lowest BCUT2D eigenvalue weighted by molar-refractivity contribution is 0.0141. The van der Waals surface area contributed by atoms with Gasteiger partial charge in [-0.25, -0.2) is 9.64 Å². The van der Waals surface area contributed by atoms with E-state index < -0.39 is 5.60 Å². The number of piperidine rings is 1. The summed E-state index contributed by atoms with van der Waals surface area (Å²) < 4.78 is 5.46. The number of rotatable bonds is 3. The Hall–Kier alpha value is -3.44. The number of hydrogen-bond acceptors (Lipinski definition) is 5. The van der Waals surface area contributed by atoms with E-state index in [-0.39, 0.29) is 17.4 Å². The number of hydrogen-bond donors (Lipinski definition) is 0. The number of anilines is 2. The highest BCUT2D eigenvalue weighted by molar-refractivity contribution is 6.33. The third-order valence-electron chi connectivity index (χ3n) is 8.67. The molecular weight excluding hydrogens is 538 g/mol. The van der Waals surface area contributed by atoms with Crippen molar-refractivity contribution in [2.75, 3.05) is 55.6 Å². The van der Waals surface area contributed by atoms with E-state index in [0.717, 1.165) is 50.3 Å². The Morgan fingerprint density at radius 2 is 1.56 bits per heavy atom. The number of amides is 2. The van der Waals surface area contributed by atoms with E-state index in [1.807, 2.05) is 56.0 Å². The maximum atomic E-state index is 13.1. The van der Waals surface area contributed by atoms with E-state index in [4.69, 9.17) is 22.9 Å². The van der Waals surface area contributed by atoms with Gasteiger partial charge in [0.1, 0.15) is 5.60 Å². The summed E-state index contributed by atoms with van der Waals surface area (Å²) in [6, 6.07) is 14.2. The average Bonchev–Trinajstić information content (AvgIpc) is 3.27. The largest absolute Gasteiger partial charge is 0.444 e. The van der Waals surface area contributed by atoms with Gasteiger partial charge in [-0.05, 0) is 88.8 Å². The lowest BCUT2D eigenvalue weighted by Gasteiger charge is -2.40. The number of ether oxygens (including phenoxy) is 1. The minimum atomic E-state index is -0.529. The van der Waals surface area contributed by atoms with Crippen LogP contribution in [0.25, 0.3) is 4.85 Å². The molecule has 3 aliphatic heterocycles. The summed E-state index contributed by atoms with van der Waals surface area (Å²) in [7, 11) is 0. The molecule has 5 rings (SSSR count). The number of carbonyl (C=O) groups excluding carboxylic acids is 2. The van der Waals surface area contributed by atoms with Gasteiger partial charge in [0.15, 0.2) is 0 Å². The standard InChI is InChI=1S/C32H40ClN5O3/c1-23-21-32(22-38(23)26-10-11-28(34-5)27(33)20-26)12-14-35(15-13-32)25-8-6-24(7-9-25)29(39)36-16-18-37(19-17-36)30(40)41-31(2,3)4/h6-11,20,23H,12-19,21-22H2,1-4H3. The van der Waals surface area contributed by atoms with Crippen LogP contribution in [0.3, 0.4) is 0 Å². The number of nitrogens with zero attached hydrogens (tertiary/aromatic N) is 5. The molecule has 2 aromatic carbocycles. The zero-order chi connectivity index (χ0) is 29.4. The zero-order valence-electron chi connectivity index (χ0n) is 24.5. The summed E-state index contributed by atoms with van der Waals surface area (Å²) in [4.78, 5) is 37.3. The van der Waals surface area contributed by atoms with Gasteiger partial charge in [0.25, 0.3) is 5.91 Å². The molecule has 3 heterocycles. The molecule has 1 unspecified atom stereocenters. The van der Waals surface area contributed by atoms with Gasteiger partial charge in [0.05, 0.1) is 6.57 Å². The monoisotopic (exact) mass is 577 g/mol. The molecule has 3 aliphatic rings. The summed E-state index contributed by atoms with van der Waals surface area (Å²) in [5.41, 5.74) is 3.17. The highest BCUT2D eigenvalue weighted by atomic mass is 35.5. The van der Waals surface area contributed by atoms with E-state index in [1.54, 1.807) is 4.90 Å². The van der Waals surface area contributed by atoms with Crippen molar-refractivity contribution < 1.29 is 14.3 Å². The Morgan fingerprint density at radius 1 is 0.951 bits per heavy atom. The van der Waals surface area contributed by atoms with Crippen LogP contribution >= 0.6 is 11.6 Å². The van der Waals surface area contributed by atoms with Crippen LogP contribution in [0.4, 0.5) is 21.9 Å². The summed E-state index contributed by atoms with van der Waals surface area (Å²) in [6.45, 7) is 20.0. The predicted molar refractivity (Wildman–Crippen MR) is 163 cm³/mol. The first-order chi connectivity index (χ1) is 19.5. The molecule has 218 valence electrons. The molecule has 1 spiro atoms. The van der Waals surface area contributed by atoms with E-state index in [9.17, 15) is 9.59 Å². The quantitative estimate of drug-likeness (QED) is 0.391. The Labute approximate surface area is 248 Å². The van der Waals surface area contributed by atoms with Crippen molar-refractivity contribution in [1.29, 1.82) is 0 Å². The Bertz CT molecular complexity index is 1320. The molecule has 3 fully saturated rings. The fraction of sp³-hybridized carbons (Fsp3) is 0.531. The lowest BCUT2D eigenvalue weighted by atomic mass is 9.76. The van der Waals surface area contributed by atoms with Crippen molar-refractivity contribution in [3.05, 3.63) is 64.5 Å². The SMILES string of the molecule is [C-]#[N+]c1ccc(N2CC3(CCN(c4ccc(C(=O)N5CCN(C(=O)OC(C)(C)C)CC5)cc4)CC3)CC2C)cc1Cl. The van der Waals surface area contributed by atoms with Gasteiger partial charge in [-0.1, -0.05) is 17.7 Å². The molecule has 41 heavy (non-hydrogen) atoms. The fourth-order valence-electron chi connectivity index (χ4n) is 6.45. The predicted octanol–water partition coefficient (Wildman–Crippen LogP) is 6.47. The molecule has 8 nitrogen and oxygen atoms in total. The second-order valence-electron chi connectivity index (χ2n) is 12.7. The van der Waals surface area contributed by atoms with Crippen LogP contribution in [0.5, 0.6) is 0 Å². The van der Waals surface area contributed by atoms with Gasteiger partial charge in [0, 0.05) is 73.8 Å². The normalized spacial score (nSPS) is 20.7. The third kappa shape index (κ3) is 6.41. The maximum Gasteiger partial charge on any atom is 0.410 e. The van der Waals surface area contributed by atoms with Crippen molar-refractivity contribution in [1.82, 2.24) is 9.80 Å². The second-order valence-corrected chi connectivity index (χ2v) is 13.1. The van der Waals surface area contributed by atoms with E-state index in [0.29, 0.717) is 48.5 Å². The van der Waals surface area contributed by atoms with Gasteiger partial charge >= 0.3 is 6.09 Å². The maximum absolute atomic E-state index is 13.1. The highest BCUT2D eigenvalue weighted by Gasteiger charge is 2.44. The third-order valence-corrected chi connectivity index (χ3v) is 8.97. The van der Waals surface area contributed by atoms with Crippen LogP contribution in [-0.4, -0.2) is 79.3 Å². The van der Waals surface area contributed by atoms with Gasteiger partial charge in [-0.15, -0.1) is 0 Å². The molecular formula is C32H40ClN5O3. The van der Waals surface area contributed by atoms with Gasteiger partial charge in [-0.3, -0.25) is 4.79 Å². The van der Waals surface area contributed by atoms with Crippen molar-refractivity contribution in [2.45, 2.75) is 58.6 Å². The zero-order valence-corrected chi connectivity index (χ0v) is 25.3. The Kier molecular flexibility index (Phi) is 8.11. The van der Waals surface area contributed by atoms with E-state index in [1.165, 1.54) is 0 Å². The molecule has 2 aromatic rings. The topological polar surface area (TPSA) is 60.7 Å². The minimum absolute atomic E-state index is 0.00236. The molecule has 9 heteroatoms. The smallest absolute Gasteiger partial charge is 0.410 e. The van der Waals surface area contributed by atoms with E-state index >= 15 is 0 Å². The molecule has 3 saturated heterocycles. The van der Waals surface area contributed by atoms with E-state index in [2.05, 4.69) is 33.7 Å². The number of benzene rings is 2. The molecule has 2 amide bonds. The molecule has 0 saturated carbocycles. The first-order valence-electron chi connectivity index (χ1n) is 14.5. The first-order valence-corrected chi connectivity index (χ1v) is 14.9. The summed E-state index contributed by atoms with van der Waals surface area (Å²) in [6.07, 6.45) is 3.06. The van der Waals surface area contributed by atoms with Crippen LogP contribution in [0.1, 0.15) is 57.3 Å². The molecule has 0 aromatic heterocycles. The van der Waals surface area contributed by atoms with Gasteiger partial charge in [-0.2, -0.15) is 0 Å². The molecule has 0 aliphatic carbocycles. The molecule has 0 N–H and O–H groups in total. The van der Waals surface area contributed by atoms with Crippen molar-refractivity contribution in [3.63, 3.8) is 0 Å². The van der Waals surface area contributed by atoms with Crippen LogP contribution in [-0.2, 0) is 4.74 Å². The summed E-state index contributed by atoms with van der Waals surface area (Å²) >= 11 is 6.34. The van der Waals surface area contributed by atoms with Crippen LogP contribution in [0, 0.1) is 12.0 Å². The van der Waals surface area contributed by atoms with Crippen LogP contribution < -0.4 is 9.80 Å². The van der Waals surface area contributed by atoms with Crippen LogP contribution in [0.2, 0.25) is 5.02 Å².